The maximum absolute atomic E-state index is 8.72. The highest BCUT2D eigenvalue weighted by molar-refractivity contribution is 5.37. The summed E-state index contributed by atoms with van der Waals surface area (Å²) in [6.07, 6.45) is 0.536. The Kier molecular flexibility index (Phi) is 6.62. The van der Waals surface area contributed by atoms with Crippen LogP contribution in [0.25, 0.3) is 0 Å². The van der Waals surface area contributed by atoms with Crippen molar-refractivity contribution in [3.8, 4) is 11.8 Å². The van der Waals surface area contributed by atoms with Crippen molar-refractivity contribution in [3.63, 3.8) is 0 Å². The molecule has 2 heteroatoms. The molecule has 0 amide bonds. The lowest BCUT2D eigenvalue weighted by Gasteiger charge is -2.27. The van der Waals surface area contributed by atoms with Gasteiger partial charge in [0.15, 0.2) is 0 Å². The van der Waals surface area contributed by atoms with Crippen molar-refractivity contribution in [2.75, 3.05) is 13.7 Å². The average molecular weight is 259 g/mol. The number of benzene rings is 1. The Balaban J connectivity index is 2.70. The van der Waals surface area contributed by atoms with Crippen molar-refractivity contribution in [1.29, 1.82) is 0 Å². The molecule has 1 aromatic rings. The van der Waals surface area contributed by atoms with E-state index in [1.807, 2.05) is 12.1 Å². The molecule has 19 heavy (non-hydrogen) atoms. The van der Waals surface area contributed by atoms with Crippen LogP contribution in [0.2, 0.25) is 0 Å². The van der Waals surface area contributed by atoms with Crippen molar-refractivity contribution in [1.82, 2.24) is 4.90 Å². The molecule has 1 N–H and O–H groups in total. The zero-order chi connectivity index (χ0) is 14.3. The summed E-state index contributed by atoms with van der Waals surface area (Å²) >= 11 is 0. The van der Waals surface area contributed by atoms with E-state index in [0.717, 1.165) is 12.1 Å². The molecule has 0 saturated carbocycles. The van der Waals surface area contributed by atoms with Crippen LogP contribution in [0, 0.1) is 17.8 Å². The third-order valence-electron chi connectivity index (χ3n) is 3.49. The van der Waals surface area contributed by atoms with Gasteiger partial charge in [0.25, 0.3) is 0 Å². The maximum atomic E-state index is 8.72. The van der Waals surface area contributed by atoms with Crippen LogP contribution in [-0.2, 0) is 6.54 Å². The highest BCUT2D eigenvalue weighted by Crippen LogP contribution is 2.13. The van der Waals surface area contributed by atoms with Crippen molar-refractivity contribution >= 4 is 0 Å². The molecule has 1 aromatic carbocycles. The van der Waals surface area contributed by atoms with Gasteiger partial charge in [-0.05, 0) is 37.6 Å². The lowest BCUT2D eigenvalue weighted by atomic mass is 10.0. The van der Waals surface area contributed by atoms with Gasteiger partial charge in [-0.2, -0.15) is 0 Å². The molecule has 2 nitrogen and oxygen atoms in total. The summed E-state index contributed by atoms with van der Waals surface area (Å²) in [6.45, 7) is 7.82. The van der Waals surface area contributed by atoms with Gasteiger partial charge in [0.1, 0.15) is 0 Å². The molecule has 0 aliphatic rings. The van der Waals surface area contributed by atoms with E-state index in [-0.39, 0.29) is 6.61 Å². The molecule has 1 atom stereocenters. The fraction of sp³-hybridized carbons (Fsp3) is 0.529. The van der Waals surface area contributed by atoms with Crippen LogP contribution in [0.4, 0.5) is 0 Å². The maximum Gasteiger partial charge on any atom is 0.0540 e. The second-order valence-corrected chi connectivity index (χ2v) is 5.38. The lowest BCUT2D eigenvalue weighted by Crippen LogP contribution is -2.32. The standard InChI is InChI=1S/C17H25NO/c1-14(2)15(3)18(4)13-17-10-7-9-16(12-17)8-5-6-11-19/h7,9-10,12,14-15,19H,6,11,13H2,1-4H3. The third kappa shape index (κ3) is 5.46. The molecule has 0 fully saturated rings. The van der Waals surface area contributed by atoms with E-state index < -0.39 is 0 Å². The van der Waals surface area contributed by atoms with Gasteiger partial charge in [-0.1, -0.05) is 37.8 Å². The van der Waals surface area contributed by atoms with E-state index in [9.17, 15) is 0 Å². The molecular weight excluding hydrogens is 234 g/mol. The zero-order valence-corrected chi connectivity index (χ0v) is 12.5. The van der Waals surface area contributed by atoms with Gasteiger partial charge < -0.3 is 5.11 Å². The topological polar surface area (TPSA) is 23.5 Å². The van der Waals surface area contributed by atoms with Crippen molar-refractivity contribution < 1.29 is 5.11 Å². The van der Waals surface area contributed by atoms with E-state index in [2.05, 4.69) is 56.7 Å². The minimum Gasteiger partial charge on any atom is -0.395 e. The monoisotopic (exact) mass is 259 g/mol. The third-order valence-corrected chi connectivity index (χ3v) is 3.49. The Labute approximate surface area is 117 Å². The van der Waals surface area contributed by atoms with E-state index in [1.165, 1.54) is 5.56 Å². The summed E-state index contributed by atoms with van der Waals surface area (Å²) in [5.74, 6) is 6.69. The molecule has 0 aromatic heterocycles. The summed E-state index contributed by atoms with van der Waals surface area (Å²) in [5.41, 5.74) is 2.31. The summed E-state index contributed by atoms with van der Waals surface area (Å²) in [7, 11) is 2.16. The van der Waals surface area contributed by atoms with E-state index in [4.69, 9.17) is 5.11 Å². The Morgan fingerprint density at radius 3 is 2.63 bits per heavy atom. The fourth-order valence-electron chi connectivity index (χ4n) is 1.91. The number of hydrogen-bond donors (Lipinski definition) is 1. The SMILES string of the molecule is CC(C)C(C)N(C)Cc1cccc(C#CCCO)c1. The summed E-state index contributed by atoms with van der Waals surface area (Å²) in [5, 5.41) is 8.72. The minimum absolute atomic E-state index is 0.126. The van der Waals surface area contributed by atoms with E-state index in [1.54, 1.807) is 0 Å². The number of hydrogen-bond acceptors (Lipinski definition) is 2. The van der Waals surface area contributed by atoms with Gasteiger partial charge >= 0.3 is 0 Å². The largest absolute Gasteiger partial charge is 0.395 e. The molecule has 1 rings (SSSR count). The fourth-order valence-corrected chi connectivity index (χ4v) is 1.91. The Morgan fingerprint density at radius 2 is 2.00 bits per heavy atom. The first-order chi connectivity index (χ1) is 9.04. The van der Waals surface area contributed by atoms with Crippen molar-refractivity contribution in [2.45, 2.75) is 39.8 Å². The summed E-state index contributed by atoms with van der Waals surface area (Å²) in [4.78, 5) is 2.37. The molecule has 0 bridgehead atoms. The predicted octanol–water partition coefficient (Wildman–Crippen LogP) is 2.90. The molecule has 0 heterocycles. The minimum atomic E-state index is 0.126. The van der Waals surface area contributed by atoms with Gasteiger partial charge in [0, 0.05) is 24.6 Å². The number of aliphatic hydroxyl groups excluding tert-OH is 1. The predicted molar refractivity (Wildman–Crippen MR) is 80.8 cm³/mol. The molecule has 0 spiro atoms. The van der Waals surface area contributed by atoms with Crippen LogP contribution in [0.5, 0.6) is 0 Å². The van der Waals surface area contributed by atoms with Crippen LogP contribution in [0.1, 0.15) is 38.3 Å². The quantitative estimate of drug-likeness (QED) is 0.822. The molecule has 104 valence electrons. The Bertz CT molecular complexity index is 442. The van der Waals surface area contributed by atoms with Crippen LogP contribution in [-0.4, -0.2) is 29.7 Å². The smallest absolute Gasteiger partial charge is 0.0540 e. The van der Waals surface area contributed by atoms with Crippen molar-refractivity contribution in [2.24, 2.45) is 5.92 Å². The Hall–Kier alpha value is -1.30. The lowest BCUT2D eigenvalue weighted by molar-refractivity contribution is 0.200. The highest BCUT2D eigenvalue weighted by atomic mass is 16.2. The molecule has 0 saturated heterocycles. The van der Waals surface area contributed by atoms with Gasteiger partial charge in [-0.15, -0.1) is 0 Å². The van der Waals surface area contributed by atoms with E-state index >= 15 is 0 Å². The summed E-state index contributed by atoms with van der Waals surface area (Å²) < 4.78 is 0. The normalized spacial score (nSPS) is 12.4. The Morgan fingerprint density at radius 1 is 1.26 bits per heavy atom. The first-order valence-corrected chi connectivity index (χ1v) is 6.93. The van der Waals surface area contributed by atoms with Gasteiger partial charge in [-0.3, -0.25) is 4.90 Å². The molecular formula is C17H25NO. The first-order valence-electron chi connectivity index (χ1n) is 6.93. The van der Waals surface area contributed by atoms with Crippen LogP contribution in [0.15, 0.2) is 24.3 Å². The molecule has 1 unspecified atom stereocenters. The first kappa shape index (κ1) is 15.8. The average Bonchev–Trinajstić information content (AvgIpc) is 2.38. The molecule has 0 radical (unpaired) electrons. The molecule has 0 aliphatic heterocycles. The van der Waals surface area contributed by atoms with Crippen LogP contribution < -0.4 is 0 Å². The zero-order valence-electron chi connectivity index (χ0n) is 12.5. The number of aliphatic hydroxyl groups is 1. The number of rotatable bonds is 5. The van der Waals surface area contributed by atoms with E-state index in [0.29, 0.717) is 18.4 Å². The van der Waals surface area contributed by atoms with Gasteiger partial charge in [0.05, 0.1) is 6.61 Å². The number of nitrogens with zero attached hydrogens (tertiary/aromatic N) is 1. The van der Waals surface area contributed by atoms with Crippen LogP contribution in [0.3, 0.4) is 0 Å². The summed E-state index contributed by atoms with van der Waals surface area (Å²) in [6, 6.07) is 8.89. The second-order valence-electron chi connectivity index (χ2n) is 5.38. The molecule has 0 aliphatic carbocycles. The van der Waals surface area contributed by atoms with Crippen LogP contribution >= 0.6 is 0 Å². The second kappa shape index (κ2) is 7.99. The van der Waals surface area contributed by atoms with Gasteiger partial charge in [0.2, 0.25) is 0 Å². The van der Waals surface area contributed by atoms with Crippen molar-refractivity contribution in [3.05, 3.63) is 35.4 Å². The van der Waals surface area contributed by atoms with Gasteiger partial charge in [-0.25, -0.2) is 0 Å². The highest BCUT2D eigenvalue weighted by Gasteiger charge is 2.12.